The lowest BCUT2D eigenvalue weighted by atomic mass is 9.90. The highest BCUT2D eigenvalue weighted by Crippen LogP contribution is 2.21. The standard InChI is InChI=1S/C10H16N4/c1-3-4-10(12-13-11)9-5-7-14(2)8-6-9/h9-10H,5-8H2,1-2H3. The van der Waals surface area contributed by atoms with Crippen LogP contribution in [0.2, 0.25) is 0 Å². The fraction of sp³-hybridized carbons (Fsp3) is 0.800. The normalized spacial score (nSPS) is 20.4. The molecular weight excluding hydrogens is 176 g/mol. The number of azide groups is 1. The Hall–Kier alpha value is -1.17. The van der Waals surface area contributed by atoms with E-state index in [1.165, 1.54) is 0 Å². The van der Waals surface area contributed by atoms with Gasteiger partial charge in [-0.15, -0.1) is 5.92 Å². The fourth-order valence-electron chi connectivity index (χ4n) is 1.79. The molecule has 1 aliphatic heterocycles. The molecule has 0 spiro atoms. The van der Waals surface area contributed by atoms with Crippen LogP contribution >= 0.6 is 0 Å². The number of hydrogen-bond donors (Lipinski definition) is 0. The summed E-state index contributed by atoms with van der Waals surface area (Å²) < 4.78 is 0. The van der Waals surface area contributed by atoms with Crippen molar-refractivity contribution in [1.82, 2.24) is 4.90 Å². The molecule has 4 heteroatoms. The number of likely N-dealkylation sites (tertiary alicyclic amines) is 1. The number of piperidine rings is 1. The molecule has 1 atom stereocenters. The maximum Gasteiger partial charge on any atom is 0.102 e. The molecule has 0 aromatic carbocycles. The molecule has 1 fully saturated rings. The average molecular weight is 192 g/mol. The van der Waals surface area contributed by atoms with Crippen molar-refractivity contribution < 1.29 is 0 Å². The Morgan fingerprint density at radius 3 is 2.64 bits per heavy atom. The van der Waals surface area contributed by atoms with Crippen LogP contribution in [-0.4, -0.2) is 31.1 Å². The lowest BCUT2D eigenvalue weighted by molar-refractivity contribution is 0.211. The molecule has 0 saturated carbocycles. The molecule has 1 rings (SSSR count). The molecule has 0 aromatic heterocycles. The second kappa shape index (κ2) is 5.54. The summed E-state index contributed by atoms with van der Waals surface area (Å²) in [4.78, 5) is 5.15. The summed E-state index contributed by atoms with van der Waals surface area (Å²) in [5.41, 5.74) is 8.43. The SMILES string of the molecule is CC#CC(N=[N+]=[N-])C1CCN(C)CC1. The lowest BCUT2D eigenvalue weighted by Gasteiger charge is -2.30. The second-order valence-corrected chi connectivity index (χ2v) is 3.68. The molecule has 0 amide bonds. The van der Waals surface area contributed by atoms with Gasteiger partial charge in [0.2, 0.25) is 0 Å². The molecule has 1 saturated heterocycles. The van der Waals surface area contributed by atoms with Crippen LogP contribution in [0.1, 0.15) is 19.8 Å². The highest BCUT2D eigenvalue weighted by molar-refractivity contribution is 5.08. The first-order valence-corrected chi connectivity index (χ1v) is 4.93. The molecule has 0 N–H and O–H groups in total. The van der Waals surface area contributed by atoms with Gasteiger partial charge in [-0.3, -0.25) is 0 Å². The van der Waals surface area contributed by atoms with Crippen molar-refractivity contribution in [3.05, 3.63) is 10.4 Å². The van der Waals surface area contributed by atoms with Crippen molar-refractivity contribution >= 4 is 0 Å². The van der Waals surface area contributed by atoms with E-state index < -0.39 is 0 Å². The molecule has 0 aromatic rings. The van der Waals surface area contributed by atoms with Crippen LogP contribution in [0.15, 0.2) is 5.11 Å². The Morgan fingerprint density at radius 2 is 2.14 bits per heavy atom. The first-order valence-electron chi connectivity index (χ1n) is 4.93. The summed E-state index contributed by atoms with van der Waals surface area (Å²) >= 11 is 0. The zero-order valence-corrected chi connectivity index (χ0v) is 8.77. The van der Waals surface area contributed by atoms with Crippen LogP contribution in [0.3, 0.4) is 0 Å². The molecule has 0 bridgehead atoms. The minimum atomic E-state index is -0.126. The highest BCUT2D eigenvalue weighted by atomic mass is 15.2. The zero-order chi connectivity index (χ0) is 10.4. The van der Waals surface area contributed by atoms with E-state index in [4.69, 9.17) is 5.53 Å². The van der Waals surface area contributed by atoms with Crippen molar-refractivity contribution in [3.8, 4) is 11.8 Å². The van der Waals surface area contributed by atoms with E-state index in [0.717, 1.165) is 25.9 Å². The van der Waals surface area contributed by atoms with Crippen LogP contribution in [0.4, 0.5) is 0 Å². The first-order chi connectivity index (χ1) is 6.77. The molecule has 1 heterocycles. The third kappa shape index (κ3) is 2.95. The van der Waals surface area contributed by atoms with E-state index in [0.29, 0.717) is 5.92 Å². The maximum absolute atomic E-state index is 8.43. The Labute approximate surface area is 84.9 Å². The van der Waals surface area contributed by atoms with Gasteiger partial charge in [-0.2, -0.15) is 0 Å². The molecule has 1 unspecified atom stereocenters. The summed E-state index contributed by atoms with van der Waals surface area (Å²) in [6.45, 7) is 3.94. The van der Waals surface area contributed by atoms with Crippen molar-refractivity contribution in [1.29, 1.82) is 0 Å². The van der Waals surface area contributed by atoms with E-state index >= 15 is 0 Å². The Kier molecular flexibility index (Phi) is 4.31. The molecule has 76 valence electrons. The zero-order valence-electron chi connectivity index (χ0n) is 8.77. The first kappa shape index (κ1) is 10.9. The van der Waals surface area contributed by atoms with Gasteiger partial charge in [0.25, 0.3) is 0 Å². The van der Waals surface area contributed by atoms with E-state index in [2.05, 4.69) is 33.8 Å². The Bertz CT molecular complexity index is 274. The van der Waals surface area contributed by atoms with Gasteiger partial charge in [0.15, 0.2) is 0 Å². The van der Waals surface area contributed by atoms with E-state index in [1.807, 2.05) is 0 Å². The molecular formula is C10H16N4. The van der Waals surface area contributed by atoms with E-state index in [-0.39, 0.29) is 6.04 Å². The molecule has 0 aliphatic carbocycles. The van der Waals surface area contributed by atoms with E-state index in [1.54, 1.807) is 6.92 Å². The summed E-state index contributed by atoms with van der Waals surface area (Å²) in [7, 11) is 2.12. The lowest BCUT2D eigenvalue weighted by Crippen LogP contribution is -2.34. The van der Waals surface area contributed by atoms with Crippen LogP contribution in [0.5, 0.6) is 0 Å². The highest BCUT2D eigenvalue weighted by Gasteiger charge is 2.22. The van der Waals surface area contributed by atoms with Gasteiger partial charge in [0.1, 0.15) is 6.04 Å². The third-order valence-corrected chi connectivity index (χ3v) is 2.68. The van der Waals surface area contributed by atoms with Gasteiger partial charge in [0.05, 0.1) is 0 Å². The van der Waals surface area contributed by atoms with Gasteiger partial charge in [-0.1, -0.05) is 11.0 Å². The molecule has 14 heavy (non-hydrogen) atoms. The van der Waals surface area contributed by atoms with E-state index in [9.17, 15) is 0 Å². The summed E-state index contributed by atoms with van der Waals surface area (Å²) in [6, 6.07) is -0.126. The molecule has 0 radical (unpaired) electrons. The van der Waals surface area contributed by atoms with Crippen molar-refractivity contribution in [2.45, 2.75) is 25.8 Å². The quantitative estimate of drug-likeness (QED) is 0.286. The summed E-state index contributed by atoms with van der Waals surface area (Å²) in [5, 5.41) is 3.75. The maximum atomic E-state index is 8.43. The summed E-state index contributed by atoms with van der Waals surface area (Å²) in [6.07, 6.45) is 2.16. The van der Waals surface area contributed by atoms with Crippen LogP contribution in [0, 0.1) is 17.8 Å². The molecule has 4 nitrogen and oxygen atoms in total. The minimum absolute atomic E-state index is 0.126. The fourth-order valence-corrected chi connectivity index (χ4v) is 1.79. The minimum Gasteiger partial charge on any atom is -0.306 e. The predicted octanol–water partition coefficient (Wildman–Crippen LogP) is 2.03. The van der Waals surface area contributed by atoms with Crippen molar-refractivity contribution in [2.24, 2.45) is 11.0 Å². The van der Waals surface area contributed by atoms with Gasteiger partial charge in [-0.05, 0) is 51.4 Å². The van der Waals surface area contributed by atoms with Crippen molar-refractivity contribution in [2.75, 3.05) is 20.1 Å². The van der Waals surface area contributed by atoms with Gasteiger partial charge < -0.3 is 4.90 Å². The predicted molar refractivity (Wildman–Crippen MR) is 56.6 cm³/mol. The number of rotatable bonds is 2. The third-order valence-electron chi connectivity index (χ3n) is 2.68. The second-order valence-electron chi connectivity index (χ2n) is 3.68. The Balaban J connectivity index is 2.58. The van der Waals surface area contributed by atoms with Crippen LogP contribution < -0.4 is 0 Å². The monoisotopic (exact) mass is 192 g/mol. The van der Waals surface area contributed by atoms with Crippen molar-refractivity contribution in [3.63, 3.8) is 0 Å². The number of hydrogen-bond acceptors (Lipinski definition) is 2. The van der Waals surface area contributed by atoms with Crippen LogP contribution in [-0.2, 0) is 0 Å². The Morgan fingerprint density at radius 1 is 1.50 bits per heavy atom. The number of nitrogens with zero attached hydrogens (tertiary/aromatic N) is 4. The summed E-state index contributed by atoms with van der Waals surface area (Å²) in [5.74, 6) is 6.25. The molecule has 1 aliphatic rings. The smallest absolute Gasteiger partial charge is 0.102 e. The van der Waals surface area contributed by atoms with Crippen LogP contribution in [0.25, 0.3) is 10.4 Å². The van der Waals surface area contributed by atoms with Gasteiger partial charge in [-0.25, -0.2) is 0 Å². The topological polar surface area (TPSA) is 52.0 Å². The van der Waals surface area contributed by atoms with Gasteiger partial charge >= 0.3 is 0 Å². The largest absolute Gasteiger partial charge is 0.306 e. The average Bonchev–Trinajstić information content (AvgIpc) is 2.19. The van der Waals surface area contributed by atoms with Gasteiger partial charge in [0, 0.05) is 4.91 Å².